The summed E-state index contributed by atoms with van der Waals surface area (Å²) in [6.45, 7) is 5.03. The van der Waals surface area contributed by atoms with Gasteiger partial charge in [0.2, 0.25) is 0 Å². The Balaban J connectivity index is 2.67. The fraction of sp³-hybridized carbons (Fsp3) is 0.500. The van der Waals surface area contributed by atoms with Crippen LogP contribution in [0.5, 0.6) is 0 Å². The molecule has 20 heavy (non-hydrogen) atoms. The van der Waals surface area contributed by atoms with Crippen molar-refractivity contribution in [2.75, 3.05) is 27.2 Å². The molecule has 0 radical (unpaired) electrons. The van der Waals surface area contributed by atoms with E-state index in [0.717, 1.165) is 6.54 Å². The Bertz CT molecular complexity index is 472. The Labute approximate surface area is 119 Å². The van der Waals surface area contributed by atoms with Crippen molar-refractivity contribution < 1.29 is 9.59 Å². The molecule has 2 amide bonds. The SMILES string of the molecule is CC(C)NC(=O)c1cccc(C(=O)NCCN(C)C)n1. The van der Waals surface area contributed by atoms with Gasteiger partial charge in [-0.2, -0.15) is 0 Å². The molecule has 2 N–H and O–H groups in total. The molecule has 0 aliphatic carbocycles. The second-order valence-corrected chi connectivity index (χ2v) is 5.10. The molecule has 0 spiro atoms. The fourth-order valence-electron chi connectivity index (χ4n) is 1.51. The van der Waals surface area contributed by atoms with E-state index in [0.29, 0.717) is 6.54 Å². The average Bonchev–Trinajstić information content (AvgIpc) is 2.37. The molecule has 0 aliphatic rings. The van der Waals surface area contributed by atoms with Gasteiger partial charge >= 0.3 is 0 Å². The molecule has 0 bridgehead atoms. The first kappa shape index (κ1) is 16.1. The third kappa shape index (κ3) is 5.36. The van der Waals surface area contributed by atoms with E-state index in [-0.39, 0.29) is 29.2 Å². The van der Waals surface area contributed by atoms with E-state index in [1.165, 1.54) is 0 Å². The van der Waals surface area contributed by atoms with Crippen molar-refractivity contribution in [1.82, 2.24) is 20.5 Å². The van der Waals surface area contributed by atoms with Gasteiger partial charge in [0.05, 0.1) is 0 Å². The summed E-state index contributed by atoms with van der Waals surface area (Å²) in [7, 11) is 3.86. The lowest BCUT2D eigenvalue weighted by Gasteiger charge is -2.11. The van der Waals surface area contributed by atoms with Gasteiger partial charge < -0.3 is 15.5 Å². The number of hydrogen-bond donors (Lipinski definition) is 2. The van der Waals surface area contributed by atoms with Crippen molar-refractivity contribution in [3.63, 3.8) is 0 Å². The molecule has 1 aromatic rings. The van der Waals surface area contributed by atoms with E-state index in [1.54, 1.807) is 18.2 Å². The number of nitrogens with zero attached hydrogens (tertiary/aromatic N) is 2. The summed E-state index contributed by atoms with van der Waals surface area (Å²) in [6.07, 6.45) is 0. The minimum atomic E-state index is -0.275. The molecule has 1 heterocycles. The maximum Gasteiger partial charge on any atom is 0.270 e. The third-order valence-corrected chi connectivity index (χ3v) is 2.48. The summed E-state index contributed by atoms with van der Waals surface area (Å²) in [5.41, 5.74) is 0.499. The van der Waals surface area contributed by atoms with E-state index in [1.807, 2.05) is 32.8 Å². The minimum Gasteiger partial charge on any atom is -0.349 e. The molecular formula is C14H22N4O2. The smallest absolute Gasteiger partial charge is 0.270 e. The van der Waals surface area contributed by atoms with Crippen LogP contribution in [0.2, 0.25) is 0 Å². The summed E-state index contributed by atoms with van der Waals surface area (Å²) >= 11 is 0. The zero-order chi connectivity index (χ0) is 15.1. The van der Waals surface area contributed by atoms with Gasteiger partial charge in [0.1, 0.15) is 11.4 Å². The van der Waals surface area contributed by atoms with Crippen molar-refractivity contribution in [2.45, 2.75) is 19.9 Å². The molecule has 0 unspecified atom stereocenters. The summed E-state index contributed by atoms with van der Waals surface area (Å²) in [5, 5.41) is 5.51. The second kappa shape index (κ2) is 7.59. The molecule has 0 saturated carbocycles. The number of carbonyl (C=O) groups excluding carboxylic acids is 2. The first-order valence-corrected chi connectivity index (χ1v) is 6.61. The molecule has 0 aromatic carbocycles. The Kier molecular flexibility index (Phi) is 6.11. The lowest BCUT2D eigenvalue weighted by Crippen LogP contribution is -2.33. The van der Waals surface area contributed by atoms with Crippen LogP contribution in [0.1, 0.15) is 34.8 Å². The summed E-state index contributed by atoms with van der Waals surface area (Å²) in [4.78, 5) is 29.8. The van der Waals surface area contributed by atoms with Crippen molar-refractivity contribution in [3.05, 3.63) is 29.6 Å². The Hall–Kier alpha value is -1.95. The Morgan fingerprint density at radius 3 is 2.35 bits per heavy atom. The number of likely N-dealkylation sites (N-methyl/N-ethyl adjacent to an activating group) is 1. The Morgan fingerprint density at radius 2 is 1.80 bits per heavy atom. The Morgan fingerprint density at radius 1 is 1.20 bits per heavy atom. The van der Waals surface area contributed by atoms with E-state index in [2.05, 4.69) is 15.6 Å². The van der Waals surface area contributed by atoms with Crippen LogP contribution in [-0.4, -0.2) is 54.9 Å². The lowest BCUT2D eigenvalue weighted by molar-refractivity contribution is 0.0936. The highest BCUT2D eigenvalue weighted by atomic mass is 16.2. The van der Waals surface area contributed by atoms with Gasteiger partial charge in [-0.1, -0.05) is 6.07 Å². The van der Waals surface area contributed by atoms with Crippen LogP contribution >= 0.6 is 0 Å². The zero-order valence-corrected chi connectivity index (χ0v) is 12.4. The topological polar surface area (TPSA) is 74.3 Å². The molecule has 0 atom stereocenters. The zero-order valence-electron chi connectivity index (χ0n) is 12.4. The third-order valence-electron chi connectivity index (χ3n) is 2.48. The number of hydrogen-bond acceptors (Lipinski definition) is 4. The number of rotatable bonds is 6. The van der Waals surface area contributed by atoms with Gasteiger partial charge in [0.15, 0.2) is 0 Å². The number of amides is 2. The van der Waals surface area contributed by atoms with E-state index < -0.39 is 0 Å². The largest absolute Gasteiger partial charge is 0.349 e. The van der Waals surface area contributed by atoms with E-state index in [9.17, 15) is 9.59 Å². The number of pyridine rings is 1. The van der Waals surface area contributed by atoms with Gasteiger partial charge in [-0.05, 0) is 40.1 Å². The highest BCUT2D eigenvalue weighted by Crippen LogP contribution is 2.00. The van der Waals surface area contributed by atoms with Crippen molar-refractivity contribution in [2.24, 2.45) is 0 Å². The van der Waals surface area contributed by atoms with Gasteiger partial charge in [0, 0.05) is 19.1 Å². The van der Waals surface area contributed by atoms with Crippen LogP contribution in [0, 0.1) is 0 Å². The summed E-state index contributed by atoms with van der Waals surface area (Å²) in [5.74, 6) is -0.547. The van der Waals surface area contributed by atoms with Crippen LogP contribution in [-0.2, 0) is 0 Å². The van der Waals surface area contributed by atoms with Crippen LogP contribution < -0.4 is 10.6 Å². The molecule has 0 saturated heterocycles. The van der Waals surface area contributed by atoms with Crippen molar-refractivity contribution in [1.29, 1.82) is 0 Å². The minimum absolute atomic E-state index is 0.0295. The molecule has 6 nitrogen and oxygen atoms in total. The predicted molar refractivity (Wildman–Crippen MR) is 77.7 cm³/mol. The highest BCUT2D eigenvalue weighted by Gasteiger charge is 2.12. The van der Waals surface area contributed by atoms with Gasteiger partial charge in [0.25, 0.3) is 11.8 Å². The molecule has 6 heteroatoms. The molecule has 0 aliphatic heterocycles. The lowest BCUT2D eigenvalue weighted by atomic mass is 10.2. The van der Waals surface area contributed by atoms with E-state index in [4.69, 9.17) is 0 Å². The predicted octanol–water partition coefficient (Wildman–Crippen LogP) is 0.511. The monoisotopic (exact) mass is 278 g/mol. The molecule has 1 aromatic heterocycles. The second-order valence-electron chi connectivity index (χ2n) is 5.10. The standard InChI is InChI=1S/C14H22N4O2/c1-10(2)16-14(20)12-7-5-6-11(17-12)13(19)15-8-9-18(3)4/h5-7,10H,8-9H2,1-4H3,(H,15,19)(H,16,20). The average molecular weight is 278 g/mol. The van der Waals surface area contributed by atoms with Crippen LogP contribution in [0.25, 0.3) is 0 Å². The van der Waals surface area contributed by atoms with Gasteiger partial charge in [-0.25, -0.2) is 4.98 Å². The van der Waals surface area contributed by atoms with Crippen LogP contribution in [0.15, 0.2) is 18.2 Å². The molecule has 110 valence electrons. The van der Waals surface area contributed by atoms with Gasteiger partial charge in [-0.3, -0.25) is 9.59 Å². The number of carbonyl (C=O) groups is 2. The highest BCUT2D eigenvalue weighted by molar-refractivity contribution is 5.96. The summed E-state index contributed by atoms with van der Waals surface area (Å²) in [6, 6.07) is 4.87. The first-order chi connectivity index (χ1) is 9.40. The number of aromatic nitrogens is 1. The number of nitrogens with one attached hydrogen (secondary N) is 2. The fourth-order valence-corrected chi connectivity index (χ4v) is 1.51. The van der Waals surface area contributed by atoms with E-state index >= 15 is 0 Å². The van der Waals surface area contributed by atoms with Crippen LogP contribution in [0.3, 0.4) is 0 Å². The molecule has 0 fully saturated rings. The van der Waals surface area contributed by atoms with Crippen molar-refractivity contribution >= 4 is 11.8 Å². The van der Waals surface area contributed by atoms with Crippen LogP contribution in [0.4, 0.5) is 0 Å². The summed E-state index contributed by atoms with van der Waals surface area (Å²) < 4.78 is 0. The maximum absolute atomic E-state index is 11.9. The van der Waals surface area contributed by atoms with Crippen molar-refractivity contribution in [3.8, 4) is 0 Å². The first-order valence-electron chi connectivity index (χ1n) is 6.61. The molecular weight excluding hydrogens is 256 g/mol. The quantitative estimate of drug-likeness (QED) is 0.795. The normalized spacial score (nSPS) is 10.7. The molecule has 1 rings (SSSR count). The van der Waals surface area contributed by atoms with Gasteiger partial charge in [-0.15, -0.1) is 0 Å². The maximum atomic E-state index is 11.9.